The summed E-state index contributed by atoms with van der Waals surface area (Å²) < 4.78 is 0. The quantitative estimate of drug-likeness (QED) is 0.491. The maximum atomic E-state index is 10.1. The summed E-state index contributed by atoms with van der Waals surface area (Å²) >= 11 is 0. The molecule has 0 bridgehead atoms. The zero-order valence-corrected chi connectivity index (χ0v) is 8.35. The van der Waals surface area contributed by atoms with Gasteiger partial charge in [-0.2, -0.15) is 0 Å². The van der Waals surface area contributed by atoms with Crippen LogP contribution < -0.4 is 29.6 Å². The van der Waals surface area contributed by atoms with Gasteiger partial charge in [-0.15, -0.1) is 0 Å². The zero-order chi connectivity index (χ0) is 6.57. The van der Waals surface area contributed by atoms with Crippen molar-refractivity contribution in [2.24, 2.45) is 5.92 Å². The molecular weight excluding hydrogens is 127 g/mol. The normalized spacial score (nSPS) is 11.8. The topological polar surface area (TPSA) is 37.3 Å². The van der Waals surface area contributed by atoms with Gasteiger partial charge in [0.1, 0.15) is 0 Å². The monoisotopic (exact) mass is 140 g/mol. The van der Waals surface area contributed by atoms with Crippen molar-refractivity contribution in [2.45, 2.75) is 26.7 Å². The van der Waals surface area contributed by atoms with Gasteiger partial charge in [-0.25, -0.2) is 0 Å². The van der Waals surface area contributed by atoms with Crippen molar-refractivity contribution in [1.29, 1.82) is 0 Å². The summed E-state index contributed by atoms with van der Waals surface area (Å²) in [4.78, 5) is 10.1. The Morgan fingerprint density at radius 2 is 2.22 bits per heavy atom. The van der Waals surface area contributed by atoms with Crippen LogP contribution in [0.5, 0.6) is 0 Å². The Kier molecular flexibility index (Phi) is 8.91. The van der Waals surface area contributed by atoms with Crippen LogP contribution in [0.25, 0.3) is 0 Å². The first-order valence-electron chi connectivity index (χ1n) is 2.91. The van der Waals surface area contributed by atoms with E-state index in [2.05, 4.69) is 0 Å². The molecule has 50 valence electrons. The van der Waals surface area contributed by atoms with Crippen LogP contribution in [0.15, 0.2) is 0 Å². The van der Waals surface area contributed by atoms with Gasteiger partial charge in [0.15, 0.2) is 0 Å². The van der Waals surface area contributed by atoms with Crippen LogP contribution >= 0.6 is 0 Å². The summed E-state index contributed by atoms with van der Waals surface area (Å²) in [6.07, 6.45) is 1.74. The molecule has 0 saturated heterocycles. The van der Waals surface area contributed by atoms with E-state index < -0.39 is 5.97 Å². The first-order chi connectivity index (χ1) is 3.68. The molecule has 0 spiro atoms. The molecule has 0 saturated carbocycles. The van der Waals surface area contributed by atoms with Crippen molar-refractivity contribution >= 4 is 5.97 Å². The van der Waals surface area contributed by atoms with Gasteiger partial charge in [0.25, 0.3) is 0 Å². The Bertz CT molecular complexity index is 87.8. The van der Waals surface area contributed by atoms with Gasteiger partial charge in [0.05, 0.1) is 5.92 Å². The third kappa shape index (κ3) is 6.35. The molecule has 0 fully saturated rings. The van der Waals surface area contributed by atoms with Crippen LogP contribution in [0.1, 0.15) is 28.1 Å². The molecule has 0 aliphatic heterocycles. The van der Waals surface area contributed by atoms with E-state index in [9.17, 15) is 4.79 Å². The first-order valence-corrected chi connectivity index (χ1v) is 2.91. The smallest absolute Gasteiger partial charge is 1.00 e. The van der Waals surface area contributed by atoms with Crippen LogP contribution in [0.3, 0.4) is 0 Å². The van der Waals surface area contributed by atoms with Gasteiger partial charge in [-0.3, -0.25) is 4.79 Å². The average molecular weight is 140 g/mol. The summed E-state index contributed by atoms with van der Waals surface area (Å²) in [6.45, 7) is 3.71. The fraction of sp³-hybridized carbons (Fsp3) is 0.833. The molecule has 0 aromatic heterocycles. The van der Waals surface area contributed by atoms with E-state index in [1.165, 1.54) is 0 Å². The first kappa shape index (κ1) is 12.2. The number of hydrogen-bond acceptors (Lipinski definition) is 1. The molecular formula is C6H13NaO2. The van der Waals surface area contributed by atoms with Gasteiger partial charge >= 0.3 is 35.5 Å². The molecule has 0 rings (SSSR count). The Labute approximate surface area is 79.4 Å². The summed E-state index contributed by atoms with van der Waals surface area (Å²) in [5, 5.41) is 8.31. The minimum Gasteiger partial charge on any atom is -1.00 e. The third-order valence-electron chi connectivity index (χ3n) is 1.14. The van der Waals surface area contributed by atoms with Crippen LogP contribution in [-0.4, -0.2) is 11.1 Å². The Hall–Kier alpha value is 0.470. The Morgan fingerprint density at radius 1 is 1.78 bits per heavy atom. The van der Waals surface area contributed by atoms with Crippen molar-refractivity contribution in [1.82, 2.24) is 0 Å². The SMILES string of the molecule is CCC[C@H](C)C(=O)O.[H-].[Na+]. The second-order valence-electron chi connectivity index (χ2n) is 2.03. The van der Waals surface area contributed by atoms with E-state index in [0.29, 0.717) is 0 Å². The predicted octanol–water partition coefficient (Wildman–Crippen LogP) is -1.38. The molecule has 0 aromatic carbocycles. The number of carbonyl (C=O) groups is 1. The van der Waals surface area contributed by atoms with Gasteiger partial charge in [0.2, 0.25) is 0 Å². The predicted molar refractivity (Wildman–Crippen MR) is 32.8 cm³/mol. The minimum absolute atomic E-state index is 0. The molecule has 0 unspecified atom stereocenters. The maximum Gasteiger partial charge on any atom is 1.00 e. The molecule has 1 atom stereocenters. The minimum atomic E-state index is -0.688. The van der Waals surface area contributed by atoms with E-state index >= 15 is 0 Å². The van der Waals surface area contributed by atoms with Gasteiger partial charge in [-0.05, 0) is 6.42 Å². The van der Waals surface area contributed by atoms with Crippen molar-refractivity contribution in [3.05, 3.63) is 0 Å². The average Bonchev–Trinajstić information content (AvgIpc) is 1.67. The zero-order valence-electron chi connectivity index (χ0n) is 7.35. The number of hydrogen-bond donors (Lipinski definition) is 1. The molecule has 0 radical (unpaired) electrons. The van der Waals surface area contributed by atoms with Crippen LogP contribution in [-0.2, 0) is 4.79 Å². The number of aliphatic carboxylic acids is 1. The van der Waals surface area contributed by atoms with E-state index in [0.717, 1.165) is 12.8 Å². The summed E-state index contributed by atoms with van der Waals surface area (Å²) in [5.41, 5.74) is 0. The van der Waals surface area contributed by atoms with Crippen LogP contribution in [0.4, 0.5) is 0 Å². The third-order valence-corrected chi connectivity index (χ3v) is 1.14. The summed E-state index contributed by atoms with van der Waals surface area (Å²) in [7, 11) is 0. The summed E-state index contributed by atoms with van der Waals surface area (Å²) in [6, 6.07) is 0. The largest absolute Gasteiger partial charge is 1.00 e. The van der Waals surface area contributed by atoms with Gasteiger partial charge < -0.3 is 6.53 Å². The standard InChI is InChI=1S/C6H12O2.Na.H/c1-3-4-5(2)6(7)8;;/h5H,3-4H2,1-2H3,(H,7,8);;/q;+1;-1/t5-;;/m0../s1. The van der Waals surface area contributed by atoms with E-state index in [1.807, 2.05) is 6.92 Å². The molecule has 3 heteroatoms. The number of carboxylic acid groups (broad SMARTS) is 1. The molecule has 0 aliphatic carbocycles. The van der Waals surface area contributed by atoms with Crippen molar-refractivity contribution < 1.29 is 40.9 Å². The van der Waals surface area contributed by atoms with Gasteiger partial charge in [0, 0.05) is 0 Å². The molecule has 0 amide bonds. The van der Waals surface area contributed by atoms with E-state index in [4.69, 9.17) is 5.11 Å². The number of rotatable bonds is 3. The molecule has 1 N–H and O–H groups in total. The second kappa shape index (κ2) is 6.59. The Morgan fingerprint density at radius 3 is 2.33 bits per heavy atom. The second-order valence-corrected chi connectivity index (χ2v) is 2.03. The van der Waals surface area contributed by atoms with Crippen molar-refractivity contribution in [2.75, 3.05) is 0 Å². The fourth-order valence-electron chi connectivity index (χ4n) is 0.556. The Balaban J connectivity index is -0.000000245. The molecule has 0 aliphatic rings. The van der Waals surface area contributed by atoms with E-state index in [1.54, 1.807) is 6.92 Å². The maximum absolute atomic E-state index is 10.1. The molecule has 9 heavy (non-hydrogen) atoms. The van der Waals surface area contributed by atoms with Crippen LogP contribution in [0.2, 0.25) is 0 Å². The van der Waals surface area contributed by atoms with Crippen LogP contribution in [0, 0.1) is 5.92 Å². The van der Waals surface area contributed by atoms with E-state index in [-0.39, 0.29) is 36.9 Å². The van der Waals surface area contributed by atoms with Crippen molar-refractivity contribution in [3.63, 3.8) is 0 Å². The van der Waals surface area contributed by atoms with Crippen molar-refractivity contribution in [3.8, 4) is 0 Å². The van der Waals surface area contributed by atoms with Gasteiger partial charge in [-0.1, -0.05) is 20.3 Å². The molecule has 2 nitrogen and oxygen atoms in total. The molecule has 0 heterocycles. The summed E-state index contributed by atoms with van der Waals surface area (Å²) in [5.74, 6) is -0.855. The fourth-order valence-corrected chi connectivity index (χ4v) is 0.556. The molecule has 0 aromatic rings. The number of carboxylic acids is 1.